The maximum absolute atomic E-state index is 12.2. The number of rotatable bonds is 6. The van der Waals surface area contributed by atoms with E-state index in [0.29, 0.717) is 35.2 Å². The highest BCUT2D eigenvalue weighted by Gasteiger charge is 2.17. The molecule has 0 radical (unpaired) electrons. The van der Waals surface area contributed by atoms with Crippen LogP contribution in [-0.4, -0.2) is 30.7 Å². The van der Waals surface area contributed by atoms with Gasteiger partial charge in [0.25, 0.3) is 0 Å². The number of carbonyl (C=O) groups excluding carboxylic acids is 1. The van der Waals surface area contributed by atoms with Crippen LogP contribution in [0.4, 0.5) is 0 Å². The normalized spacial score (nSPS) is 12.0. The smallest absolute Gasteiger partial charge is 0.246 e. The fourth-order valence-electron chi connectivity index (χ4n) is 2.06. The number of fused-ring (bicyclic) bond motifs is 1. The van der Waals surface area contributed by atoms with Crippen LogP contribution in [0.1, 0.15) is 18.4 Å². The summed E-state index contributed by atoms with van der Waals surface area (Å²) in [7, 11) is 0. The molecule has 0 aliphatic carbocycles. The summed E-state index contributed by atoms with van der Waals surface area (Å²) in [4.78, 5) is 13.6. The number of carbonyl (C=O) groups is 1. The molecule has 1 amide bonds. The first-order valence-corrected chi connectivity index (χ1v) is 7.33. The number of benzene rings is 1. The lowest BCUT2D eigenvalue weighted by atomic mass is 10.2. The molecule has 0 fully saturated rings. The molecule has 0 N–H and O–H groups in total. The number of halogens is 1. The van der Waals surface area contributed by atoms with Crippen LogP contribution in [0.3, 0.4) is 0 Å². The molecule has 0 unspecified atom stereocenters. The van der Waals surface area contributed by atoms with Crippen molar-refractivity contribution in [3.63, 3.8) is 0 Å². The third-order valence-corrected chi connectivity index (χ3v) is 3.45. The van der Waals surface area contributed by atoms with Crippen molar-refractivity contribution in [3.05, 3.63) is 28.8 Å². The monoisotopic (exact) mass is 331 g/mol. The lowest BCUT2D eigenvalue weighted by Crippen LogP contribution is -2.31. The van der Waals surface area contributed by atoms with Gasteiger partial charge in [-0.15, -0.1) is 0 Å². The predicted molar refractivity (Wildman–Crippen MR) is 83.6 cm³/mol. The van der Waals surface area contributed by atoms with Crippen molar-refractivity contribution in [1.82, 2.24) is 4.90 Å². The van der Waals surface area contributed by atoms with Gasteiger partial charge in [0.2, 0.25) is 12.7 Å². The van der Waals surface area contributed by atoms with Gasteiger partial charge in [-0.3, -0.25) is 4.79 Å². The van der Waals surface area contributed by atoms with E-state index in [1.165, 1.54) is 11.0 Å². The minimum Gasteiger partial charge on any atom is -0.454 e. The van der Waals surface area contributed by atoms with E-state index in [9.17, 15) is 4.79 Å². The lowest BCUT2D eigenvalue weighted by molar-refractivity contribution is -0.125. The van der Waals surface area contributed by atoms with E-state index in [-0.39, 0.29) is 25.5 Å². The zero-order valence-electron chi connectivity index (χ0n) is 12.3. The van der Waals surface area contributed by atoms with Crippen molar-refractivity contribution < 1.29 is 14.3 Å². The minimum absolute atomic E-state index is 0.122. The Kier molecular flexibility index (Phi) is 5.85. The Hall–Kier alpha value is -2.70. The summed E-state index contributed by atoms with van der Waals surface area (Å²) < 4.78 is 10.5. The van der Waals surface area contributed by atoms with E-state index >= 15 is 0 Å². The van der Waals surface area contributed by atoms with Gasteiger partial charge >= 0.3 is 0 Å². The SMILES string of the molecule is N#CCCN(CCC#N)C(=O)/C=C/c1cc(Cl)c2c(c1)OCO2. The number of hydrogen-bond donors (Lipinski definition) is 0. The maximum atomic E-state index is 12.2. The zero-order chi connectivity index (χ0) is 16.7. The van der Waals surface area contributed by atoms with Gasteiger partial charge in [-0.2, -0.15) is 10.5 Å². The first-order valence-electron chi connectivity index (χ1n) is 6.95. The third-order valence-electron chi connectivity index (χ3n) is 3.17. The van der Waals surface area contributed by atoms with Crippen LogP contribution in [0.5, 0.6) is 11.5 Å². The summed E-state index contributed by atoms with van der Waals surface area (Å²) in [6.07, 6.45) is 3.45. The second-order valence-corrected chi connectivity index (χ2v) is 5.12. The average molecular weight is 332 g/mol. The van der Waals surface area contributed by atoms with Gasteiger partial charge in [0.15, 0.2) is 11.5 Å². The van der Waals surface area contributed by atoms with E-state index in [0.717, 1.165) is 0 Å². The molecule has 1 aromatic carbocycles. The largest absolute Gasteiger partial charge is 0.454 e. The molecule has 23 heavy (non-hydrogen) atoms. The van der Waals surface area contributed by atoms with Crippen molar-refractivity contribution >= 4 is 23.6 Å². The molecule has 0 aromatic heterocycles. The summed E-state index contributed by atoms with van der Waals surface area (Å²) in [5, 5.41) is 17.7. The average Bonchev–Trinajstić information content (AvgIpc) is 3.02. The minimum atomic E-state index is -0.260. The number of nitriles is 2. The number of hydrogen-bond acceptors (Lipinski definition) is 5. The van der Waals surface area contributed by atoms with E-state index in [4.69, 9.17) is 31.6 Å². The molecule has 1 aliphatic heterocycles. The standard InChI is InChI=1S/C16H14ClN3O3/c17-13-9-12(10-14-16(13)23-11-22-14)3-4-15(21)20(7-1-5-18)8-2-6-19/h3-4,9-10H,1-2,7-8,11H2/b4-3+. The highest BCUT2D eigenvalue weighted by Crippen LogP contribution is 2.40. The highest BCUT2D eigenvalue weighted by atomic mass is 35.5. The molecule has 1 aliphatic rings. The summed E-state index contributed by atoms with van der Waals surface area (Å²) in [5.74, 6) is 0.777. The third kappa shape index (κ3) is 4.38. The second-order valence-electron chi connectivity index (χ2n) is 4.71. The first kappa shape index (κ1) is 16.7. The van der Waals surface area contributed by atoms with Crippen molar-refractivity contribution in [2.24, 2.45) is 0 Å². The zero-order valence-corrected chi connectivity index (χ0v) is 13.0. The Morgan fingerprint density at radius 2 is 1.96 bits per heavy atom. The molecule has 0 atom stereocenters. The molecule has 1 aromatic rings. The Labute approximate surface area is 139 Å². The van der Waals surface area contributed by atoms with E-state index in [1.54, 1.807) is 18.2 Å². The summed E-state index contributed by atoms with van der Waals surface area (Å²) >= 11 is 6.08. The second kappa shape index (κ2) is 8.07. The van der Waals surface area contributed by atoms with Crippen LogP contribution in [0.2, 0.25) is 5.02 Å². The predicted octanol–water partition coefficient (Wildman–Crippen LogP) is 2.74. The Balaban J connectivity index is 2.08. The molecular formula is C16H14ClN3O3. The molecule has 1 heterocycles. The summed E-state index contributed by atoms with van der Waals surface area (Å²) in [6, 6.07) is 7.38. The van der Waals surface area contributed by atoms with Gasteiger partial charge in [0.1, 0.15) is 0 Å². The van der Waals surface area contributed by atoms with E-state index in [1.807, 2.05) is 12.1 Å². The molecule has 7 heteroatoms. The van der Waals surface area contributed by atoms with Gasteiger partial charge in [-0.25, -0.2) is 0 Å². The summed E-state index contributed by atoms with van der Waals surface area (Å²) in [6.45, 7) is 0.712. The Morgan fingerprint density at radius 3 is 2.61 bits per heavy atom. The lowest BCUT2D eigenvalue weighted by Gasteiger charge is -2.18. The van der Waals surface area contributed by atoms with Gasteiger partial charge in [0, 0.05) is 19.2 Å². The molecule has 118 valence electrons. The molecule has 6 nitrogen and oxygen atoms in total. The van der Waals surface area contributed by atoms with E-state index < -0.39 is 0 Å². The van der Waals surface area contributed by atoms with Crippen molar-refractivity contribution in [2.45, 2.75) is 12.8 Å². The fraction of sp³-hybridized carbons (Fsp3) is 0.312. The van der Waals surface area contributed by atoms with E-state index in [2.05, 4.69) is 0 Å². The molecule has 0 saturated heterocycles. The van der Waals surface area contributed by atoms with Gasteiger partial charge in [-0.05, 0) is 23.8 Å². The first-order chi connectivity index (χ1) is 11.2. The van der Waals surface area contributed by atoms with Crippen LogP contribution < -0.4 is 9.47 Å². The Bertz CT molecular complexity index is 686. The molecule has 0 bridgehead atoms. The van der Waals surface area contributed by atoms with Crippen molar-refractivity contribution in [1.29, 1.82) is 10.5 Å². The summed E-state index contributed by atoms with van der Waals surface area (Å²) in [5.41, 5.74) is 0.702. The maximum Gasteiger partial charge on any atom is 0.246 e. The van der Waals surface area contributed by atoms with Crippen molar-refractivity contribution in [2.75, 3.05) is 19.9 Å². The van der Waals surface area contributed by atoms with Crippen molar-refractivity contribution in [3.8, 4) is 23.6 Å². The Morgan fingerprint density at radius 1 is 1.26 bits per heavy atom. The number of nitrogens with zero attached hydrogens (tertiary/aromatic N) is 3. The topological polar surface area (TPSA) is 86.4 Å². The van der Waals surface area contributed by atoms with Gasteiger partial charge in [-0.1, -0.05) is 11.6 Å². The van der Waals surface area contributed by atoms with Gasteiger partial charge < -0.3 is 14.4 Å². The molecule has 0 saturated carbocycles. The van der Waals surface area contributed by atoms with Crippen LogP contribution >= 0.6 is 11.6 Å². The van der Waals surface area contributed by atoms with Crippen LogP contribution in [0.15, 0.2) is 18.2 Å². The van der Waals surface area contributed by atoms with Crippen LogP contribution in [0, 0.1) is 22.7 Å². The van der Waals surface area contributed by atoms with Crippen LogP contribution in [-0.2, 0) is 4.79 Å². The molecule has 2 rings (SSSR count). The molecular weight excluding hydrogens is 318 g/mol. The van der Waals surface area contributed by atoms with Crippen LogP contribution in [0.25, 0.3) is 6.08 Å². The number of amides is 1. The van der Waals surface area contributed by atoms with Gasteiger partial charge in [0.05, 0.1) is 30.0 Å². The highest BCUT2D eigenvalue weighted by molar-refractivity contribution is 6.32. The quantitative estimate of drug-likeness (QED) is 0.748. The fourth-order valence-corrected chi connectivity index (χ4v) is 2.33. The number of ether oxygens (including phenoxy) is 2. The molecule has 0 spiro atoms.